The first-order valence-corrected chi connectivity index (χ1v) is 5.35. The lowest BCUT2D eigenvalue weighted by Crippen LogP contribution is -2.15. The van der Waals surface area contributed by atoms with E-state index in [0.29, 0.717) is 26.0 Å². The van der Waals surface area contributed by atoms with Crippen molar-refractivity contribution in [3.05, 3.63) is 11.8 Å². The summed E-state index contributed by atoms with van der Waals surface area (Å²) in [4.78, 5) is 22.2. The zero-order chi connectivity index (χ0) is 11.1. The van der Waals surface area contributed by atoms with Crippen LogP contribution in [0, 0.1) is 0 Å². The number of allylic oxidation sites excluding steroid dienone is 1. The Labute approximate surface area is 89.7 Å². The van der Waals surface area contributed by atoms with E-state index in [4.69, 9.17) is 4.74 Å². The highest BCUT2D eigenvalue weighted by molar-refractivity contribution is 5.97. The van der Waals surface area contributed by atoms with Crippen LogP contribution in [0.3, 0.4) is 0 Å². The fraction of sp³-hybridized carbons (Fsp3) is 0.636. The normalized spacial score (nSPS) is 18.2. The number of Topliss-reactive ketones (excluding diaryl/α,β-unsaturated/α-hetero) is 1. The van der Waals surface area contributed by atoms with Crippen molar-refractivity contribution in [3.8, 4) is 0 Å². The Morgan fingerprint density at radius 1 is 1.53 bits per heavy atom. The maximum Gasteiger partial charge on any atom is 0.307 e. The third kappa shape index (κ3) is 4.14. The summed E-state index contributed by atoms with van der Waals surface area (Å²) < 4.78 is 4.77. The Kier molecular flexibility index (Phi) is 4.87. The van der Waals surface area contributed by atoms with Gasteiger partial charge in [0.1, 0.15) is 0 Å². The van der Waals surface area contributed by atoms with Gasteiger partial charge >= 0.3 is 5.97 Å². The Balaban J connectivity index is 2.15. The summed E-state index contributed by atoms with van der Waals surface area (Å²) in [5.41, 5.74) is 0.846. The molecular formula is C11H17NO3. The Morgan fingerprint density at radius 2 is 2.33 bits per heavy atom. The molecule has 15 heavy (non-hydrogen) atoms. The molecule has 1 rings (SSSR count). The molecule has 1 N–H and O–H groups in total. The number of nitrogens with one attached hydrogen (secondary N) is 1. The van der Waals surface area contributed by atoms with E-state index in [9.17, 15) is 9.59 Å². The van der Waals surface area contributed by atoms with Crippen molar-refractivity contribution >= 4 is 11.8 Å². The maximum absolute atomic E-state index is 11.2. The van der Waals surface area contributed by atoms with E-state index in [2.05, 4.69) is 5.32 Å². The number of carbonyl (C=O) groups is 2. The van der Waals surface area contributed by atoms with Crippen molar-refractivity contribution in [1.29, 1.82) is 0 Å². The smallest absolute Gasteiger partial charge is 0.307 e. The van der Waals surface area contributed by atoms with Crippen molar-refractivity contribution in [3.63, 3.8) is 0 Å². The summed E-state index contributed by atoms with van der Waals surface area (Å²) in [6.07, 6.45) is 4.53. The van der Waals surface area contributed by atoms with Crippen molar-refractivity contribution in [2.45, 2.75) is 32.6 Å². The monoisotopic (exact) mass is 211 g/mol. The number of ketones is 1. The molecule has 0 amide bonds. The molecule has 4 heteroatoms. The first kappa shape index (κ1) is 11.8. The van der Waals surface area contributed by atoms with Gasteiger partial charge in [-0.15, -0.1) is 0 Å². The lowest BCUT2D eigenvalue weighted by molar-refractivity contribution is -0.142. The van der Waals surface area contributed by atoms with Crippen LogP contribution in [0.2, 0.25) is 0 Å². The number of hydrogen-bond donors (Lipinski definition) is 1. The highest BCUT2D eigenvalue weighted by Gasteiger charge is 2.16. The van der Waals surface area contributed by atoms with Gasteiger partial charge in [-0.25, -0.2) is 0 Å². The largest absolute Gasteiger partial charge is 0.466 e. The van der Waals surface area contributed by atoms with E-state index in [1.807, 2.05) is 0 Å². The summed E-state index contributed by atoms with van der Waals surface area (Å²) in [7, 11) is 0. The summed E-state index contributed by atoms with van der Waals surface area (Å²) in [5.74, 6) is 0.0137. The molecule has 4 nitrogen and oxygen atoms in total. The quantitative estimate of drug-likeness (QED) is 0.421. The summed E-state index contributed by atoms with van der Waals surface area (Å²) in [6, 6.07) is 0. The van der Waals surface area contributed by atoms with E-state index in [-0.39, 0.29) is 11.8 Å². The van der Waals surface area contributed by atoms with Gasteiger partial charge in [0.2, 0.25) is 0 Å². The summed E-state index contributed by atoms with van der Waals surface area (Å²) >= 11 is 0. The molecule has 1 aliphatic rings. The number of esters is 1. The predicted molar refractivity (Wildman–Crippen MR) is 56.2 cm³/mol. The van der Waals surface area contributed by atoms with E-state index in [0.717, 1.165) is 18.4 Å². The first-order valence-electron chi connectivity index (χ1n) is 5.35. The molecule has 1 fully saturated rings. The molecule has 84 valence electrons. The SMILES string of the molecule is CCOC(=O)CCN/C=C1\CCCC1=O. The number of carbonyl (C=O) groups excluding carboxylic acids is 2. The molecule has 1 saturated carbocycles. The van der Waals surface area contributed by atoms with Gasteiger partial charge in [-0.2, -0.15) is 0 Å². The summed E-state index contributed by atoms with van der Waals surface area (Å²) in [5, 5.41) is 2.96. The van der Waals surface area contributed by atoms with Crippen LogP contribution in [0.4, 0.5) is 0 Å². The van der Waals surface area contributed by atoms with Crippen LogP contribution in [0.1, 0.15) is 32.6 Å². The maximum atomic E-state index is 11.2. The zero-order valence-electron chi connectivity index (χ0n) is 9.04. The second-order valence-corrected chi connectivity index (χ2v) is 3.46. The summed E-state index contributed by atoms with van der Waals surface area (Å²) in [6.45, 7) is 2.72. The van der Waals surface area contributed by atoms with E-state index < -0.39 is 0 Å². The molecule has 0 heterocycles. The predicted octanol–water partition coefficient (Wildman–Crippen LogP) is 1.17. The minimum atomic E-state index is -0.207. The number of rotatable bonds is 5. The van der Waals surface area contributed by atoms with Crippen LogP contribution in [-0.2, 0) is 14.3 Å². The van der Waals surface area contributed by atoms with Gasteiger partial charge < -0.3 is 10.1 Å². The van der Waals surface area contributed by atoms with Crippen LogP contribution >= 0.6 is 0 Å². The average molecular weight is 211 g/mol. The second kappa shape index (κ2) is 6.22. The molecule has 0 spiro atoms. The molecule has 0 aromatic carbocycles. The van der Waals surface area contributed by atoms with E-state index in [1.165, 1.54) is 0 Å². The van der Waals surface area contributed by atoms with Gasteiger partial charge in [0.15, 0.2) is 5.78 Å². The first-order chi connectivity index (χ1) is 7.24. The van der Waals surface area contributed by atoms with E-state index >= 15 is 0 Å². The van der Waals surface area contributed by atoms with Gasteiger partial charge in [0.05, 0.1) is 13.0 Å². The van der Waals surface area contributed by atoms with Crippen molar-refractivity contribution in [2.75, 3.05) is 13.2 Å². The van der Waals surface area contributed by atoms with Gasteiger partial charge in [-0.1, -0.05) is 0 Å². The van der Waals surface area contributed by atoms with Crippen molar-refractivity contribution in [1.82, 2.24) is 5.32 Å². The van der Waals surface area contributed by atoms with Gasteiger partial charge in [0.25, 0.3) is 0 Å². The Morgan fingerprint density at radius 3 is 2.93 bits per heavy atom. The minimum Gasteiger partial charge on any atom is -0.466 e. The van der Waals surface area contributed by atoms with E-state index in [1.54, 1.807) is 13.1 Å². The molecular weight excluding hydrogens is 194 g/mol. The van der Waals surface area contributed by atoms with Gasteiger partial charge in [0, 0.05) is 24.7 Å². The lowest BCUT2D eigenvalue weighted by Gasteiger charge is -2.02. The van der Waals surface area contributed by atoms with Crippen molar-refractivity contribution < 1.29 is 14.3 Å². The van der Waals surface area contributed by atoms with Crippen LogP contribution < -0.4 is 5.32 Å². The highest BCUT2D eigenvalue weighted by atomic mass is 16.5. The second-order valence-electron chi connectivity index (χ2n) is 3.46. The van der Waals surface area contributed by atoms with Crippen LogP contribution in [0.5, 0.6) is 0 Å². The fourth-order valence-electron chi connectivity index (χ4n) is 1.49. The highest BCUT2D eigenvalue weighted by Crippen LogP contribution is 2.18. The van der Waals surface area contributed by atoms with Gasteiger partial charge in [-0.3, -0.25) is 9.59 Å². The Hall–Kier alpha value is -1.32. The number of ether oxygens (including phenoxy) is 1. The molecule has 0 atom stereocenters. The van der Waals surface area contributed by atoms with Gasteiger partial charge in [-0.05, 0) is 19.8 Å². The molecule has 0 saturated heterocycles. The molecule has 1 aliphatic carbocycles. The molecule has 0 aromatic heterocycles. The molecule has 0 aromatic rings. The minimum absolute atomic E-state index is 0.207. The van der Waals surface area contributed by atoms with Crippen molar-refractivity contribution in [2.24, 2.45) is 0 Å². The third-order valence-corrected chi connectivity index (χ3v) is 2.26. The number of hydrogen-bond acceptors (Lipinski definition) is 4. The average Bonchev–Trinajstić information content (AvgIpc) is 2.60. The van der Waals surface area contributed by atoms with Crippen LogP contribution in [0.15, 0.2) is 11.8 Å². The molecule has 0 unspecified atom stereocenters. The topological polar surface area (TPSA) is 55.4 Å². The third-order valence-electron chi connectivity index (χ3n) is 2.26. The molecule has 0 aliphatic heterocycles. The molecule has 0 bridgehead atoms. The van der Waals surface area contributed by atoms with Crippen LogP contribution in [-0.4, -0.2) is 24.9 Å². The fourth-order valence-corrected chi connectivity index (χ4v) is 1.49. The zero-order valence-corrected chi connectivity index (χ0v) is 9.04. The molecule has 0 radical (unpaired) electrons. The lowest BCUT2D eigenvalue weighted by atomic mass is 10.2. The standard InChI is InChI=1S/C11H17NO3/c1-2-15-11(14)6-7-12-8-9-4-3-5-10(9)13/h8,12H,2-7H2,1H3/b9-8+. The van der Waals surface area contributed by atoms with Crippen LogP contribution in [0.25, 0.3) is 0 Å². The Bertz CT molecular complexity index is 271.